The molecule has 0 unspecified atom stereocenters. The standard InChI is InChI=1S/C41H72O6/c1-3-5-7-9-11-13-15-17-19-21-23-25-27-29-31-33-39(44)46-37-41(35-42,36-43)38-47-40(45)34-32-30-28-26-24-22-20-18-16-14-12-10-8-6-4-2/h11-14,17-20,42-43H,3-10,15-16,21-38H2,1-2H3. The van der Waals surface area contributed by atoms with Crippen LogP contribution in [-0.4, -0.2) is 48.6 Å². The zero-order valence-corrected chi connectivity index (χ0v) is 30.4. The molecule has 0 spiro atoms. The number of hydrogen-bond acceptors (Lipinski definition) is 6. The highest BCUT2D eigenvalue weighted by atomic mass is 16.5. The number of aliphatic hydroxyl groups is 2. The Hall–Kier alpha value is -2.18. The third-order valence-electron chi connectivity index (χ3n) is 8.41. The highest BCUT2D eigenvalue weighted by Gasteiger charge is 2.32. The largest absolute Gasteiger partial charge is 0.465 e. The van der Waals surface area contributed by atoms with E-state index in [1.54, 1.807) is 0 Å². The number of allylic oxidation sites excluding steroid dienone is 8. The van der Waals surface area contributed by atoms with Crippen molar-refractivity contribution < 1.29 is 29.3 Å². The molecule has 0 aliphatic rings. The molecule has 0 saturated carbocycles. The van der Waals surface area contributed by atoms with Crippen molar-refractivity contribution in [2.75, 3.05) is 26.4 Å². The molecule has 0 atom stereocenters. The first-order valence-electron chi connectivity index (χ1n) is 19.2. The van der Waals surface area contributed by atoms with E-state index in [1.165, 1.54) is 51.4 Å². The summed E-state index contributed by atoms with van der Waals surface area (Å²) in [4.78, 5) is 24.5. The maximum absolute atomic E-state index is 12.2. The number of aliphatic hydroxyl groups excluding tert-OH is 2. The Morgan fingerprint density at radius 2 is 0.787 bits per heavy atom. The topological polar surface area (TPSA) is 93.1 Å². The molecule has 272 valence electrons. The number of rotatable bonds is 34. The number of carbonyl (C=O) groups is 2. The maximum Gasteiger partial charge on any atom is 0.305 e. The molecule has 0 amide bonds. The van der Waals surface area contributed by atoms with Gasteiger partial charge in [-0.15, -0.1) is 0 Å². The third-order valence-corrected chi connectivity index (χ3v) is 8.41. The molecule has 2 N–H and O–H groups in total. The quantitative estimate of drug-likeness (QED) is 0.0405. The Balaban J connectivity index is 3.86. The molecule has 0 rings (SSSR count). The second-order valence-electron chi connectivity index (χ2n) is 13.1. The Labute approximate surface area is 289 Å². The van der Waals surface area contributed by atoms with Gasteiger partial charge in [-0.25, -0.2) is 0 Å². The second kappa shape index (κ2) is 35.1. The van der Waals surface area contributed by atoms with Gasteiger partial charge in [0.1, 0.15) is 13.2 Å². The molecule has 47 heavy (non-hydrogen) atoms. The van der Waals surface area contributed by atoms with Crippen LogP contribution >= 0.6 is 0 Å². The molecule has 6 heteroatoms. The maximum atomic E-state index is 12.2. The lowest BCUT2D eigenvalue weighted by atomic mass is 9.92. The van der Waals surface area contributed by atoms with Gasteiger partial charge >= 0.3 is 11.9 Å². The fourth-order valence-electron chi connectivity index (χ4n) is 5.05. The van der Waals surface area contributed by atoms with E-state index in [0.717, 1.165) is 89.9 Å². The van der Waals surface area contributed by atoms with Crippen LogP contribution in [0.5, 0.6) is 0 Å². The number of carbonyl (C=O) groups excluding carboxylic acids is 2. The molecule has 0 heterocycles. The van der Waals surface area contributed by atoms with Crippen LogP contribution < -0.4 is 0 Å². The zero-order valence-electron chi connectivity index (χ0n) is 30.4. The SMILES string of the molecule is CCCCCC=CCC=CCCCCCCCC(=O)OCC(CO)(CO)COC(=O)CCCCCCCC=CCC=CCCCCC. The minimum absolute atomic E-state index is 0.171. The monoisotopic (exact) mass is 661 g/mol. The summed E-state index contributed by atoms with van der Waals surface area (Å²) in [5.41, 5.74) is -1.18. The van der Waals surface area contributed by atoms with Gasteiger partial charge in [0.05, 0.1) is 18.6 Å². The van der Waals surface area contributed by atoms with E-state index in [4.69, 9.17) is 9.47 Å². The second-order valence-corrected chi connectivity index (χ2v) is 13.1. The van der Waals surface area contributed by atoms with Gasteiger partial charge < -0.3 is 19.7 Å². The minimum atomic E-state index is -1.18. The van der Waals surface area contributed by atoms with E-state index < -0.39 is 18.6 Å². The molecule has 0 bridgehead atoms. The van der Waals surface area contributed by atoms with E-state index in [1.807, 2.05) is 0 Å². The fourth-order valence-corrected chi connectivity index (χ4v) is 5.05. The Morgan fingerprint density at radius 3 is 1.13 bits per heavy atom. The van der Waals surface area contributed by atoms with Crippen molar-refractivity contribution in [2.45, 2.75) is 168 Å². The van der Waals surface area contributed by atoms with Crippen molar-refractivity contribution in [1.29, 1.82) is 0 Å². The van der Waals surface area contributed by atoms with Gasteiger partial charge in [-0.05, 0) is 77.0 Å². The van der Waals surface area contributed by atoms with E-state index in [2.05, 4.69) is 62.5 Å². The van der Waals surface area contributed by atoms with Gasteiger partial charge in [-0.1, -0.05) is 127 Å². The molecule has 6 nitrogen and oxygen atoms in total. The van der Waals surface area contributed by atoms with Crippen LogP contribution in [-0.2, 0) is 19.1 Å². The summed E-state index contributed by atoms with van der Waals surface area (Å²) in [5.74, 6) is -0.697. The predicted molar refractivity (Wildman–Crippen MR) is 197 cm³/mol. The smallest absolute Gasteiger partial charge is 0.305 e. The van der Waals surface area contributed by atoms with E-state index >= 15 is 0 Å². The molecule has 0 aromatic rings. The summed E-state index contributed by atoms with van der Waals surface area (Å²) in [6, 6.07) is 0. The first kappa shape index (κ1) is 44.8. The first-order valence-corrected chi connectivity index (χ1v) is 19.2. The predicted octanol–water partition coefficient (Wildman–Crippen LogP) is 10.7. The van der Waals surface area contributed by atoms with Gasteiger partial charge in [-0.3, -0.25) is 9.59 Å². The van der Waals surface area contributed by atoms with Crippen LogP contribution in [0.4, 0.5) is 0 Å². The molecule has 0 aromatic heterocycles. The van der Waals surface area contributed by atoms with Crippen molar-refractivity contribution >= 4 is 11.9 Å². The van der Waals surface area contributed by atoms with Crippen molar-refractivity contribution in [1.82, 2.24) is 0 Å². The van der Waals surface area contributed by atoms with Gasteiger partial charge in [0, 0.05) is 12.8 Å². The molecular weight excluding hydrogens is 588 g/mol. The minimum Gasteiger partial charge on any atom is -0.465 e. The van der Waals surface area contributed by atoms with Crippen LogP contribution in [0.2, 0.25) is 0 Å². The van der Waals surface area contributed by atoms with Gasteiger partial charge in [-0.2, -0.15) is 0 Å². The molecule has 0 aliphatic heterocycles. The number of esters is 2. The summed E-state index contributed by atoms with van der Waals surface area (Å²) >= 11 is 0. The number of hydrogen-bond donors (Lipinski definition) is 2. The van der Waals surface area contributed by atoms with Gasteiger partial charge in [0.15, 0.2) is 0 Å². The Kier molecular flexibility index (Phi) is 33.5. The lowest BCUT2D eigenvalue weighted by molar-refractivity contribution is -0.159. The van der Waals surface area contributed by atoms with Crippen molar-refractivity contribution in [3.63, 3.8) is 0 Å². The van der Waals surface area contributed by atoms with Crippen LogP contribution in [0.25, 0.3) is 0 Å². The summed E-state index contributed by atoms with van der Waals surface area (Å²) in [6.45, 7) is 3.25. The number of ether oxygens (including phenoxy) is 2. The van der Waals surface area contributed by atoms with Gasteiger partial charge in [0.25, 0.3) is 0 Å². The van der Waals surface area contributed by atoms with E-state index in [9.17, 15) is 19.8 Å². The average Bonchev–Trinajstić information content (AvgIpc) is 3.08. The lowest BCUT2D eigenvalue weighted by Crippen LogP contribution is -2.41. The molecule has 0 aliphatic carbocycles. The summed E-state index contributed by atoms with van der Waals surface area (Å²) in [6.07, 6.45) is 43.2. The number of unbranched alkanes of at least 4 members (excludes halogenated alkanes) is 16. The summed E-state index contributed by atoms with van der Waals surface area (Å²) in [7, 11) is 0. The van der Waals surface area contributed by atoms with E-state index in [0.29, 0.717) is 12.8 Å². The molecular formula is C41H72O6. The molecule has 0 saturated heterocycles. The van der Waals surface area contributed by atoms with Crippen LogP contribution in [0, 0.1) is 5.41 Å². The molecule has 0 radical (unpaired) electrons. The van der Waals surface area contributed by atoms with Crippen LogP contribution in [0.15, 0.2) is 48.6 Å². The Morgan fingerprint density at radius 1 is 0.468 bits per heavy atom. The third kappa shape index (κ3) is 30.9. The highest BCUT2D eigenvalue weighted by Crippen LogP contribution is 2.19. The van der Waals surface area contributed by atoms with Gasteiger partial charge in [0.2, 0.25) is 0 Å². The fraction of sp³-hybridized carbons (Fsp3) is 0.756. The van der Waals surface area contributed by atoms with Crippen molar-refractivity contribution in [2.24, 2.45) is 5.41 Å². The summed E-state index contributed by atoms with van der Waals surface area (Å²) in [5, 5.41) is 19.8. The van der Waals surface area contributed by atoms with Crippen LogP contribution in [0.1, 0.15) is 168 Å². The van der Waals surface area contributed by atoms with E-state index in [-0.39, 0.29) is 25.2 Å². The summed E-state index contributed by atoms with van der Waals surface area (Å²) < 4.78 is 10.7. The van der Waals surface area contributed by atoms with Crippen molar-refractivity contribution in [3.8, 4) is 0 Å². The molecule has 0 aromatic carbocycles. The molecule has 0 fully saturated rings. The highest BCUT2D eigenvalue weighted by molar-refractivity contribution is 5.69. The first-order chi connectivity index (χ1) is 23.0. The zero-order chi connectivity index (χ0) is 34.5. The normalized spacial score (nSPS) is 12.3. The lowest BCUT2D eigenvalue weighted by Gasteiger charge is -2.28. The average molecular weight is 661 g/mol. The van der Waals surface area contributed by atoms with Crippen LogP contribution in [0.3, 0.4) is 0 Å². The Bertz CT molecular complexity index is 760. The van der Waals surface area contributed by atoms with Crippen molar-refractivity contribution in [3.05, 3.63) is 48.6 Å².